The van der Waals surface area contributed by atoms with Crippen molar-refractivity contribution in [2.24, 2.45) is 4.99 Å². The van der Waals surface area contributed by atoms with Gasteiger partial charge in [-0.1, -0.05) is 26.3 Å². The maximum Gasteiger partial charge on any atom is 0.190 e. The lowest BCUT2D eigenvalue weighted by molar-refractivity contribution is 0.505. The van der Waals surface area contributed by atoms with E-state index in [-0.39, 0.29) is 5.92 Å². The van der Waals surface area contributed by atoms with E-state index in [1.165, 1.54) is 6.07 Å². The summed E-state index contributed by atoms with van der Waals surface area (Å²) in [5.41, 5.74) is 0.764. The third-order valence-electron chi connectivity index (χ3n) is 3.13. The molecule has 0 radical (unpaired) electrons. The molecule has 112 valence electrons. The molecule has 0 fully saturated rings. The van der Waals surface area contributed by atoms with Crippen LogP contribution < -0.4 is 10.6 Å². The summed E-state index contributed by atoms with van der Waals surface area (Å²) < 4.78 is 26.1. The fourth-order valence-corrected chi connectivity index (χ4v) is 1.79. The Morgan fingerprint density at radius 1 is 1.25 bits per heavy atom. The third kappa shape index (κ3) is 5.15. The summed E-state index contributed by atoms with van der Waals surface area (Å²) in [5.74, 6) is -0.825. The zero-order valence-corrected chi connectivity index (χ0v) is 12.3. The molecule has 0 aliphatic carbocycles. The van der Waals surface area contributed by atoms with Crippen LogP contribution in [-0.2, 0) is 0 Å². The Labute approximate surface area is 119 Å². The number of unbranched alkanes of at least 4 members (excludes halogenated alkanes) is 1. The summed E-state index contributed by atoms with van der Waals surface area (Å²) in [7, 11) is 1.71. The van der Waals surface area contributed by atoms with Crippen molar-refractivity contribution in [3.05, 3.63) is 35.4 Å². The van der Waals surface area contributed by atoms with Crippen LogP contribution >= 0.6 is 0 Å². The molecule has 0 saturated carbocycles. The smallest absolute Gasteiger partial charge is 0.190 e. The Balaban J connectivity index is 2.48. The van der Waals surface area contributed by atoms with E-state index >= 15 is 0 Å². The Morgan fingerprint density at radius 3 is 2.60 bits per heavy atom. The van der Waals surface area contributed by atoms with E-state index in [0.717, 1.165) is 37.0 Å². The lowest BCUT2D eigenvalue weighted by Gasteiger charge is -2.16. The van der Waals surface area contributed by atoms with Crippen molar-refractivity contribution in [1.82, 2.24) is 10.6 Å². The number of rotatable bonds is 6. The monoisotopic (exact) mass is 283 g/mol. The Kier molecular flexibility index (Phi) is 6.98. The summed E-state index contributed by atoms with van der Waals surface area (Å²) >= 11 is 0. The van der Waals surface area contributed by atoms with Crippen LogP contribution in [0.25, 0.3) is 0 Å². The molecule has 0 aromatic heterocycles. The van der Waals surface area contributed by atoms with E-state index in [1.807, 2.05) is 6.92 Å². The van der Waals surface area contributed by atoms with Crippen molar-refractivity contribution >= 4 is 5.96 Å². The van der Waals surface area contributed by atoms with Gasteiger partial charge in [0.2, 0.25) is 0 Å². The normalized spacial score (nSPS) is 13.2. The highest BCUT2D eigenvalue weighted by Gasteiger charge is 2.09. The van der Waals surface area contributed by atoms with Gasteiger partial charge in [0.05, 0.1) is 0 Å². The number of guanidine groups is 1. The minimum Gasteiger partial charge on any atom is -0.356 e. The van der Waals surface area contributed by atoms with Gasteiger partial charge in [0.25, 0.3) is 0 Å². The second-order valence-electron chi connectivity index (χ2n) is 4.81. The second-order valence-corrected chi connectivity index (χ2v) is 4.81. The first-order valence-electron chi connectivity index (χ1n) is 6.98. The maximum absolute atomic E-state index is 13.2. The van der Waals surface area contributed by atoms with E-state index in [2.05, 4.69) is 22.5 Å². The zero-order valence-electron chi connectivity index (χ0n) is 12.3. The maximum atomic E-state index is 13.2. The SMILES string of the molecule is CCCCNC(=NC)NCC(C)c1ccc(F)c(F)c1. The quantitative estimate of drug-likeness (QED) is 0.478. The molecule has 1 aromatic rings. The minimum absolute atomic E-state index is 0.0647. The molecular weight excluding hydrogens is 260 g/mol. The predicted octanol–water partition coefficient (Wildman–Crippen LogP) is 3.03. The summed E-state index contributed by atoms with van der Waals surface area (Å²) in [6.07, 6.45) is 2.20. The van der Waals surface area contributed by atoms with E-state index in [4.69, 9.17) is 0 Å². The molecule has 0 aliphatic heterocycles. The van der Waals surface area contributed by atoms with Crippen molar-refractivity contribution in [3.63, 3.8) is 0 Å². The molecular formula is C15H23F2N3. The Bertz CT molecular complexity index is 447. The average molecular weight is 283 g/mol. The first-order chi connectivity index (χ1) is 9.58. The van der Waals surface area contributed by atoms with Gasteiger partial charge in [-0.25, -0.2) is 8.78 Å². The average Bonchev–Trinajstić information content (AvgIpc) is 2.45. The highest BCUT2D eigenvalue weighted by molar-refractivity contribution is 5.79. The molecule has 0 amide bonds. The molecule has 20 heavy (non-hydrogen) atoms. The number of aliphatic imine (C=N–C) groups is 1. The largest absolute Gasteiger partial charge is 0.356 e. The number of benzene rings is 1. The van der Waals surface area contributed by atoms with Gasteiger partial charge in [0.1, 0.15) is 0 Å². The lowest BCUT2D eigenvalue weighted by Crippen LogP contribution is -2.39. The fourth-order valence-electron chi connectivity index (χ4n) is 1.79. The molecule has 1 rings (SSSR count). The van der Waals surface area contributed by atoms with Gasteiger partial charge in [0.15, 0.2) is 17.6 Å². The first-order valence-corrected chi connectivity index (χ1v) is 6.98. The fraction of sp³-hybridized carbons (Fsp3) is 0.533. The van der Waals surface area contributed by atoms with Crippen LogP contribution in [-0.4, -0.2) is 26.1 Å². The predicted molar refractivity (Wildman–Crippen MR) is 79.0 cm³/mol. The molecule has 2 N–H and O–H groups in total. The molecule has 1 unspecified atom stereocenters. The number of halogens is 2. The number of hydrogen-bond acceptors (Lipinski definition) is 1. The van der Waals surface area contributed by atoms with Crippen molar-refractivity contribution in [3.8, 4) is 0 Å². The highest BCUT2D eigenvalue weighted by Crippen LogP contribution is 2.17. The van der Waals surface area contributed by atoms with Gasteiger partial charge in [-0.05, 0) is 30.0 Å². The van der Waals surface area contributed by atoms with Gasteiger partial charge >= 0.3 is 0 Å². The van der Waals surface area contributed by atoms with Crippen LogP contribution in [0.3, 0.4) is 0 Å². The molecule has 0 saturated heterocycles. The van der Waals surface area contributed by atoms with Gasteiger partial charge in [-0.3, -0.25) is 4.99 Å². The third-order valence-corrected chi connectivity index (χ3v) is 3.13. The number of hydrogen-bond donors (Lipinski definition) is 2. The van der Waals surface area contributed by atoms with E-state index in [0.29, 0.717) is 6.54 Å². The highest BCUT2D eigenvalue weighted by atomic mass is 19.2. The molecule has 5 heteroatoms. The lowest BCUT2D eigenvalue weighted by atomic mass is 10.0. The van der Waals surface area contributed by atoms with Crippen LogP contribution in [0.15, 0.2) is 23.2 Å². The van der Waals surface area contributed by atoms with E-state index in [1.54, 1.807) is 13.1 Å². The molecule has 1 aromatic carbocycles. The first kappa shape index (κ1) is 16.4. The van der Waals surface area contributed by atoms with Crippen LogP contribution in [0.5, 0.6) is 0 Å². The number of nitrogens with zero attached hydrogens (tertiary/aromatic N) is 1. The number of nitrogens with one attached hydrogen (secondary N) is 2. The molecule has 0 aliphatic rings. The molecule has 1 atom stereocenters. The Morgan fingerprint density at radius 2 is 2.00 bits per heavy atom. The standard InChI is InChI=1S/C15H23F2N3/c1-4-5-8-19-15(18-3)20-10-11(2)12-6-7-13(16)14(17)9-12/h6-7,9,11H,4-5,8,10H2,1-3H3,(H2,18,19,20). The van der Waals surface area contributed by atoms with Crippen molar-refractivity contribution in [2.75, 3.05) is 20.1 Å². The topological polar surface area (TPSA) is 36.4 Å². The van der Waals surface area contributed by atoms with Crippen molar-refractivity contribution in [1.29, 1.82) is 0 Å². The van der Waals surface area contributed by atoms with Crippen LogP contribution in [0.4, 0.5) is 8.78 Å². The van der Waals surface area contributed by atoms with Crippen molar-refractivity contribution in [2.45, 2.75) is 32.6 Å². The second kappa shape index (κ2) is 8.51. The van der Waals surface area contributed by atoms with E-state index in [9.17, 15) is 8.78 Å². The van der Waals surface area contributed by atoms with Crippen LogP contribution in [0.1, 0.15) is 38.2 Å². The van der Waals surface area contributed by atoms with E-state index < -0.39 is 11.6 Å². The summed E-state index contributed by atoms with van der Waals surface area (Å²) in [4.78, 5) is 4.12. The summed E-state index contributed by atoms with van der Waals surface area (Å²) in [5, 5.41) is 6.39. The van der Waals surface area contributed by atoms with Gasteiger partial charge in [0, 0.05) is 20.1 Å². The summed E-state index contributed by atoms with van der Waals surface area (Å²) in [6, 6.07) is 4.02. The zero-order chi connectivity index (χ0) is 15.0. The van der Waals surface area contributed by atoms with Crippen molar-refractivity contribution < 1.29 is 8.78 Å². The minimum atomic E-state index is -0.814. The molecule has 0 heterocycles. The Hall–Kier alpha value is -1.65. The van der Waals surface area contributed by atoms with Crippen LogP contribution in [0.2, 0.25) is 0 Å². The van der Waals surface area contributed by atoms with Gasteiger partial charge < -0.3 is 10.6 Å². The van der Waals surface area contributed by atoms with Crippen LogP contribution in [0, 0.1) is 11.6 Å². The van der Waals surface area contributed by atoms with Gasteiger partial charge in [-0.15, -0.1) is 0 Å². The summed E-state index contributed by atoms with van der Waals surface area (Å²) in [6.45, 7) is 5.56. The van der Waals surface area contributed by atoms with Gasteiger partial charge in [-0.2, -0.15) is 0 Å². The molecule has 0 spiro atoms. The molecule has 0 bridgehead atoms. The molecule has 3 nitrogen and oxygen atoms in total.